The van der Waals surface area contributed by atoms with Gasteiger partial charge < -0.3 is 5.32 Å². The zero-order valence-corrected chi connectivity index (χ0v) is 13.6. The molecule has 0 saturated carbocycles. The fourth-order valence-electron chi connectivity index (χ4n) is 3.20. The maximum atomic E-state index is 3.54. The van der Waals surface area contributed by atoms with Crippen LogP contribution in [-0.2, 0) is 0 Å². The average molecular weight is 325 g/mol. The molecule has 1 fully saturated rings. The number of halogens is 1. The lowest BCUT2D eigenvalue weighted by atomic mass is 9.97. The maximum absolute atomic E-state index is 3.54. The van der Waals surface area contributed by atoms with Gasteiger partial charge >= 0.3 is 0 Å². The first-order valence-electron chi connectivity index (χ1n) is 7.48. The molecular weight excluding hydrogens is 300 g/mol. The highest BCUT2D eigenvalue weighted by molar-refractivity contribution is 9.10. The SMILES string of the molecule is CCC(c1ccc(Br)cc1)N(CC)C1CCCNC1. The first kappa shape index (κ1) is 15.0. The molecule has 0 spiro atoms. The summed E-state index contributed by atoms with van der Waals surface area (Å²) in [4.78, 5) is 2.68. The highest BCUT2D eigenvalue weighted by Crippen LogP contribution is 2.28. The monoisotopic (exact) mass is 324 g/mol. The molecule has 106 valence electrons. The number of benzene rings is 1. The number of likely N-dealkylation sites (N-methyl/N-ethyl adjacent to an activating group) is 1. The molecule has 1 heterocycles. The van der Waals surface area contributed by atoms with E-state index in [-0.39, 0.29) is 0 Å². The zero-order valence-electron chi connectivity index (χ0n) is 12.0. The Bertz CT molecular complexity index is 371. The average Bonchev–Trinajstić information content (AvgIpc) is 2.47. The lowest BCUT2D eigenvalue weighted by molar-refractivity contribution is 0.115. The summed E-state index contributed by atoms with van der Waals surface area (Å²) in [6, 6.07) is 10.1. The van der Waals surface area contributed by atoms with Gasteiger partial charge in [-0.1, -0.05) is 41.9 Å². The minimum absolute atomic E-state index is 0.544. The van der Waals surface area contributed by atoms with Gasteiger partial charge in [-0.05, 0) is 50.0 Å². The van der Waals surface area contributed by atoms with E-state index < -0.39 is 0 Å². The molecule has 1 aliphatic heterocycles. The molecule has 2 nitrogen and oxygen atoms in total. The lowest BCUT2D eigenvalue weighted by Gasteiger charge is -2.39. The third kappa shape index (κ3) is 3.80. The molecule has 3 heteroatoms. The van der Waals surface area contributed by atoms with Gasteiger partial charge in [0.25, 0.3) is 0 Å². The minimum atomic E-state index is 0.544. The van der Waals surface area contributed by atoms with Crippen LogP contribution < -0.4 is 5.32 Å². The Hall–Kier alpha value is -0.380. The summed E-state index contributed by atoms with van der Waals surface area (Å²) in [7, 11) is 0. The first-order chi connectivity index (χ1) is 9.26. The standard InChI is InChI=1S/C16H25BrN2/c1-3-16(13-7-9-14(17)10-8-13)19(4-2)15-6-5-11-18-12-15/h7-10,15-16,18H,3-6,11-12H2,1-2H3. The van der Waals surface area contributed by atoms with Gasteiger partial charge in [-0.3, -0.25) is 4.90 Å². The summed E-state index contributed by atoms with van der Waals surface area (Å²) in [5.74, 6) is 0. The second-order valence-corrected chi connectivity index (χ2v) is 6.22. The van der Waals surface area contributed by atoms with Gasteiger partial charge in [-0.15, -0.1) is 0 Å². The van der Waals surface area contributed by atoms with Gasteiger partial charge in [-0.2, -0.15) is 0 Å². The van der Waals surface area contributed by atoms with Crippen molar-refractivity contribution in [2.75, 3.05) is 19.6 Å². The van der Waals surface area contributed by atoms with E-state index in [0.717, 1.165) is 17.6 Å². The van der Waals surface area contributed by atoms with Crippen LogP contribution >= 0.6 is 15.9 Å². The van der Waals surface area contributed by atoms with Crippen molar-refractivity contribution >= 4 is 15.9 Å². The van der Waals surface area contributed by atoms with Crippen LogP contribution in [-0.4, -0.2) is 30.6 Å². The molecule has 0 amide bonds. The number of piperidine rings is 1. The van der Waals surface area contributed by atoms with Gasteiger partial charge in [0.05, 0.1) is 0 Å². The van der Waals surface area contributed by atoms with E-state index >= 15 is 0 Å². The molecule has 1 N–H and O–H groups in total. The van der Waals surface area contributed by atoms with E-state index in [1.807, 2.05) is 0 Å². The minimum Gasteiger partial charge on any atom is -0.315 e. The second kappa shape index (κ2) is 7.41. The van der Waals surface area contributed by atoms with Gasteiger partial charge in [-0.25, -0.2) is 0 Å². The van der Waals surface area contributed by atoms with Gasteiger partial charge in [0, 0.05) is 23.1 Å². The summed E-state index contributed by atoms with van der Waals surface area (Å²) in [6.07, 6.45) is 3.80. The Kier molecular flexibility index (Phi) is 5.86. The normalized spacial score (nSPS) is 21.6. The number of nitrogens with zero attached hydrogens (tertiary/aromatic N) is 1. The molecule has 2 rings (SSSR count). The Balaban J connectivity index is 2.15. The van der Waals surface area contributed by atoms with Crippen molar-refractivity contribution in [3.63, 3.8) is 0 Å². The fourth-order valence-corrected chi connectivity index (χ4v) is 3.46. The zero-order chi connectivity index (χ0) is 13.7. The van der Waals surface area contributed by atoms with E-state index in [1.54, 1.807) is 0 Å². The third-order valence-electron chi connectivity index (χ3n) is 4.15. The maximum Gasteiger partial charge on any atom is 0.0348 e. The highest BCUT2D eigenvalue weighted by atomic mass is 79.9. The second-order valence-electron chi connectivity index (χ2n) is 5.31. The molecule has 0 radical (unpaired) electrons. The molecule has 2 atom stereocenters. The molecule has 1 aromatic rings. The number of nitrogens with one attached hydrogen (secondary N) is 1. The smallest absolute Gasteiger partial charge is 0.0348 e. The van der Waals surface area contributed by atoms with Crippen LogP contribution in [0.4, 0.5) is 0 Å². The van der Waals surface area contributed by atoms with Gasteiger partial charge in [0.2, 0.25) is 0 Å². The number of hydrogen-bond acceptors (Lipinski definition) is 2. The van der Waals surface area contributed by atoms with Crippen molar-refractivity contribution in [2.24, 2.45) is 0 Å². The van der Waals surface area contributed by atoms with E-state index in [4.69, 9.17) is 0 Å². The molecule has 0 aliphatic carbocycles. The molecule has 0 aromatic heterocycles. The Morgan fingerprint density at radius 2 is 2.05 bits per heavy atom. The van der Waals surface area contributed by atoms with Gasteiger partial charge in [0.15, 0.2) is 0 Å². The van der Waals surface area contributed by atoms with E-state index in [2.05, 4.69) is 64.3 Å². The molecular formula is C16H25BrN2. The summed E-state index contributed by atoms with van der Waals surface area (Å²) < 4.78 is 1.16. The van der Waals surface area contributed by atoms with Crippen LogP contribution in [0.25, 0.3) is 0 Å². The Labute approximate surface area is 125 Å². The summed E-state index contributed by atoms with van der Waals surface area (Å²) in [6.45, 7) is 8.03. The van der Waals surface area contributed by atoms with Crippen LogP contribution in [0.2, 0.25) is 0 Å². The molecule has 1 aromatic carbocycles. The molecule has 1 saturated heterocycles. The summed E-state index contributed by atoms with van der Waals surface area (Å²) in [5, 5.41) is 3.54. The topological polar surface area (TPSA) is 15.3 Å². The van der Waals surface area contributed by atoms with Crippen LogP contribution in [0.3, 0.4) is 0 Å². The van der Waals surface area contributed by atoms with Crippen LogP contribution in [0.15, 0.2) is 28.7 Å². The summed E-state index contributed by atoms with van der Waals surface area (Å²) in [5.41, 5.74) is 1.44. The van der Waals surface area contributed by atoms with E-state index in [0.29, 0.717) is 12.1 Å². The van der Waals surface area contributed by atoms with E-state index in [1.165, 1.54) is 31.4 Å². The van der Waals surface area contributed by atoms with Crippen LogP contribution in [0.1, 0.15) is 44.7 Å². The van der Waals surface area contributed by atoms with Crippen molar-refractivity contribution in [1.29, 1.82) is 0 Å². The lowest BCUT2D eigenvalue weighted by Crippen LogP contribution is -2.47. The first-order valence-corrected chi connectivity index (χ1v) is 8.27. The van der Waals surface area contributed by atoms with Crippen molar-refractivity contribution in [3.05, 3.63) is 34.3 Å². The fraction of sp³-hybridized carbons (Fsp3) is 0.625. The summed E-state index contributed by atoms with van der Waals surface area (Å²) >= 11 is 3.52. The Morgan fingerprint density at radius 3 is 2.58 bits per heavy atom. The van der Waals surface area contributed by atoms with Crippen molar-refractivity contribution < 1.29 is 0 Å². The molecule has 2 unspecified atom stereocenters. The third-order valence-corrected chi connectivity index (χ3v) is 4.68. The van der Waals surface area contributed by atoms with Crippen molar-refractivity contribution in [2.45, 2.75) is 45.2 Å². The quantitative estimate of drug-likeness (QED) is 0.881. The van der Waals surface area contributed by atoms with Crippen LogP contribution in [0, 0.1) is 0 Å². The Morgan fingerprint density at radius 1 is 1.32 bits per heavy atom. The predicted octanol–water partition coefficient (Wildman–Crippen LogP) is 3.97. The van der Waals surface area contributed by atoms with Crippen molar-refractivity contribution in [3.8, 4) is 0 Å². The number of hydrogen-bond donors (Lipinski definition) is 1. The van der Waals surface area contributed by atoms with Gasteiger partial charge in [0.1, 0.15) is 0 Å². The van der Waals surface area contributed by atoms with E-state index in [9.17, 15) is 0 Å². The molecule has 1 aliphatic rings. The highest BCUT2D eigenvalue weighted by Gasteiger charge is 2.26. The predicted molar refractivity (Wildman–Crippen MR) is 85.4 cm³/mol. The van der Waals surface area contributed by atoms with Crippen molar-refractivity contribution in [1.82, 2.24) is 10.2 Å². The molecule has 19 heavy (non-hydrogen) atoms. The number of rotatable bonds is 5. The molecule has 0 bridgehead atoms. The largest absolute Gasteiger partial charge is 0.315 e. The van der Waals surface area contributed by atoms with Crippen LogP contribution in [0.5, 0.6) is 0 Å².